The lowest BCUT2D eigenvalue weighted by molar-refractivity contribution is -0.113. The summed E-state index contributed by atoms with van der Waals surface area (Å²) in [5.41, 5.74) is 0.954. The number of hydrogen-bond acceptors (Lipinski definition) is 2. The molecule has 0 radical (unpaired) electrons. The molecule has 0 saturated heterocycles. The van der Waals surface area contributed by atoms with Gasteiger partial charge in [-0.2, -0.15) is 0 Å². The molecule has 0 spiro atoms. The van der Waals surface area contributed by atoms with Crippen LogP contribution >= 0.6 is 11.8 Å². The van der Waals surface area contributed by atoms with E-state index < -0.39 is 0 Å². The summed E-state index contributed by atoms with van der Waals surface area (Å²) in [6.07, 6.45) is 0. The van der Waals surface area contributed by atoms with Gasteiger partial charge < -0.3 is 0 Å². The molecule has 0 aromatic heterocycles. The maximum Gasteiger partial charge on any atom is 0.169 e. The Bertz CT molecular complexity index is 158. The van der Waals surface area contributed by atoms with E-state index in [1.165, 1.54) is 4.91 Å². The summed E-state index contributed by atoms with van der Waals surface area (Å²) in [6, 6.07) is 0. The highest BCUT2D eigenvalue weighted by molar-refractivity contribution is 8.04. The number of carbonyl (C=O) groups is 1. The normalized spacial score (nSPS) is 20.5. The SMILES string of the molecule is CC1=C(C)C(=O)CS1. The van der Waals surface area contributed by atoms with Gasteiger partial charge in [0.25, 0.3) is 0 Å². The molecule has 0 amide bonds. The molecule has 0 fully saturated rings. The van der Waals surface area contributed by atoms with Crippen molar-refractivity contribution >= 4 is 17.5 Å². The molecule has 0 N–H and O–H groups in total. The molecule has 8 heavy (non-hydrogen) atoms. The first-order valence-corrected chi connectivity index (χ1v) is 3.54. The minimum atomic E-state index is 0.299. The summed E-state index contributed by atoms with van der Waals surface area (Å²) in [5, 5.41) is 0. The minimum absolute atomic E-state index is 0.299. The number of thioether (sulfide) groups is 1. The highest BCUT2D eigenvalue weighted by Gasteiger charge is 2.15. The van der Waals surface area contributed by atoms with Crippen molar-refractivity contribution in [2.75, 3.05) is 5.75 Å². The van der Waals surface area contributed by atoms with Crippen LogP contribution in [-0.2, 0) is 4.79 Å². The maximum absolute atomic E-state index is 10.7. The topological polar surface area (TPSA) is 17.1 Å². The number of allylic oxidation sites excluding steroid dienone is 2. The van der Waals surface area contributed by atoms with Crippen LogP contribution in [-0.4, -0.2) is 11.5 Å². The average Bonchev–Trinajstić information content (AvgIpc) is 1.98. The molecule has 1 nitrogen and oxygen atoms in total. The second kappa shape index (κ2) is 1.94. The Kier molecular flexibility index (Phi) is 1.43. The van der Waals surface area contributed by atoms with Gasteiger partial charge in [0.1, 0.15) is 0 Å². The Balaban J connectivity index is 2.86. The van der Waals surface area contributed by atoms with Gasteiger partial charge in [-0.15, -0.1) is 11.8 Å². The third-order valence-electron chi connectivity index (χ3n) is 1.37. The summed E-state index contributed by atoms with van der Waals surface area (Å²) in [5.74, 6) is 0.963. The summed E-state index contributed by atoms with van der Waals surface area (Å²) in [4.78, 5) is 11.9. The van der Waals surface area contributed by atoms with Gasteiger partial charge in [-0.3, -0.25) is 4.79 Å². The van der Waals surface area contributed by atoms with Crippen molar-refractivity contribution in [3.05, 3.63) is 10.5 Å². The van der Waals surface area contributed by atoms with Crippen LogP contribution in [0.25, 0.3) is 0 Å². The fourth-order valence-corrected chi connectivity index (χ4v) is 1.48. The van der Waals surface area contributed by atoms with Crippen molar-refractivity contribution in [2.45, 2.75) is 13.8 Å². The molecule has 1 heterocycles. The van der Waals surface area contributed by atoms with E-state index in [0.717, 1.165) is 5.57 Å². The van der Waals surface area contributed by atoms with Crippen molar-refractivity contribution in [1.29, 1.82) is 0 Å². The molecule has 1 aliphatic rings. The molecule has 0 aliphatic carbocycles. The van der Waals surface area contributed by atoms with Gasteiger partial charge in [0.15, 0.2) is 5.78 Å². The molecule has 44 valence electrons. The van der Waals surface area contributed by atoms with Gasteiger partial charge >= 0.3 is 0 Å². The fourth-order valence-electron chi connectivity index (χ4n) is 0.587. The maximum atomic E-state index is 10.7. The van der Waals surface area contributed by atoms with Crippen molar-refractivity contribution in [2.24, 2.45) is 0 Å². The molecule has 1 aliphatic heterocycles. The largest absolute Gasteiger partial charge is 0.294 e. The number of ketones is 1. The van der Waals surface area contributed by atoms with Gasteiger partial charge in [0.2, 0.25) is 0 Å². The van der Waals surface area contributed by atoms with Crippen LogP contribution in [0.15, 0.2) is 10.5 Å². The monoisotopic (exact) mass is 128 g/mol. The van der Waals surface area contributed by atoms with E-state index in [9.17, 15) is 4.79 Å². The first-order chi connectivity index (χ1) is 3.72. The van der Waals surface area contributed by atoms with E-state index >= 15 is 0 Å². The van der Waals surface area contributed by atoms with E-state index in [1.54, 1.807) is 11.8 Å². The predicted molar refractivity (Wildman–Crippen MR) is 35.8 cm³/mol. The summed E-state index contributed by atoms with van der Waals surface area (Å²) < 4.78 is 0. The van der Waals surface area contributed by atoms with Crippen LogP contribution in [0.2, 0.25) is 0 Å². The molecular formula is C6H8OS. The Morgan fingerprint density at radius 3 is 2.25 bits per heavy atom. The zero-order chi connectivity index (χ0) is 6.15. The van der Waals surface area contributed by atoms with E-state index in [0.29, 0.717) is 11.5 Å². The summed E-state index contributed by atoms with van der Waals surface area (Å²) in [6.45, 7) is 3.88. The molecular weight excluding hydrogens is 120 g/mol. The standard InChI is InChI=1S/C6H8OS/c1-4-5(2)8-3-6(4)7/h3H2,1-2H3. The average molecular weight is 128 g/mol. The third-order valence-corrected chi connectivity index (χ3v) is 2.51. The Morgan fingerprint density at radius 2 is 2.12 bits per heavy atom. The van der Waals surface area contributed by atoms with Crippen LogP contribution in [0.1, 0.15) is 13.8 Å². The van der Waals surface area contributed by atoms with Crippen LogP contribution in [0.3, 0.4) is 0 Å². The second-order valence-corrected chi connectivity index (χ2v) is 3.08. The van der Waals surface area contributed by atoms with Crippen LogP contribution in [0.5, 0.6) is 0 Å². The van der Waals surface area contributed by atoms with Gasteiger partial charge in [-0.05, 0) is 18.8 Å². The fraction of sp³-hybridized carbons (Fsp3) is 0.500. The lowest BCUT2D eigenvalue weighted by Crippen LogP contribution is -1.94. The summed E-state index contributed by atoms with van der Waals surface area (Å²) in [7, 11) is 0. The molecule has 0 unspecified atom stereocenters. The highest BCUT2D eigenvalue weighted by atomic mass is 32.2. The Morgan fingerprint density at radius 1 is 1.50 bits per heavy atom. The molecule has 0 aromatic carbocycles. The zero-order valence-corrected chi connectivity index (χ0v) is 5.84. The van der Waals surface area contributed by atoms with Crippen molar-refractivity contribution in [3.63, 3.8) is 0 Å². The highest BCUT2D eigenvalue weighted by Crippen LogP contribution is 2.27. The molecule has 0 saturated carbocycles. The molecule has 0 aromatic rings. The van der Waals surface area contributed by atoms with E-state index in [1.807, 2.05) is 13.8 Å². The van der Waals surface area contributed by atoms with Crippen molar-refractivity contribution < 1.29 is 4.79 Å². The number of carbonyl (C=O) groups excluding carboxylic acids is 1. The van der Waals surface area contributed by atoms with Crippen LogP contribution < -0.4 is 0 Å². The molecule has 0 atom stereocenters. The predicted octanol–water partition coefficient (Wildman–Crippen LogP) is 1.60. The van der Waals surface area contributed by atoms with Crippen LogP contribution in [0, 0.1) is 0 Å². The number of Topliss-reactive ketones (excluding diaryl/α,β-unsaturated/α-hetero) is 1. The Hall–Kier alpha value is -0.240. The van der Waals surface area contributed by atoms with Gasteiger partial charge in [0, 0.05) is 5.57 Å². The zero-order valence-electron chi connectivity index (χ0n) is 5.02. The van der Waals surface area contributed by atoms with E-state index in [4.69, 9.17) is 0 Å². The summed E-state index contributed by atoms with van der Waals surface area (Å²) >= 11 is 1.64. The molecule has 0 bridgehead atoms. The van der Waals surface area contributed by atoms with Gasteiger partial charge in [-0.1, -0.05) is 0 Å². The number of hydrogen-bond donors (Lipinski definition) is 0. The minimum Gasteiger partial charge on any atom is -0.294 e. The van der Waals surface area contributed by atoms with Crippen molar-refractivity contribution in [3.8, 4) is 0 Å². The second-order valence-electron chi connectivity index (χ2n) is 1.89. The molecule has 1 rings (SSSR count). The molecule has 2 heteroatoms. The first kappa shape index (κ1) is 5.89. The van der Waals surface area contributed by atoms with Gasteiger partial charge in [0.05, 0.1) is 5.75 Å². The number of rotatable bonds is 0. The van der Waals surface area contributed by atoms with E-state index in [-0.39, 0.29) is 0 Å². The third kappa shape index (κ3) is 0.802. The smallest absolute Gasteiger partial charge is 0.169 e. The first-order valence-electron chi connectivity index (χ1n) is 2.55. The lowest BCUT2D eigenvalue weighted by atomic mass is 10.2. The van der Waals surface area contributed by atoms with Gasteiger partial charge in [-0.25, -0.2) is 0 Å². The van der Waals surface area contributed by atoms with E-state index in [2.05, 4.69) is 0 Å². The van der Waals surface area contributed by atoms with Crippen LogP contribution in [0.4, 0.5) is 0 Å². The lowest BCUT2D eigenvalue weighted by Gasteiger charge is -1.85. The Labute approximate surface area is 53.2 Å². The quantitative estimate of drug-likeness (QED) is 0.493. The van der Waals surface area contributed by atoms with Crippen molar-refractivity contribution in [1.82, 2.24) is 0 Å².